The second kappa shape index (κ2) is 3.91. The van der Waals surface area contributed by atoms with Crippen molar-refractivity contribution in [1.82, 2.24) is 0 Å². The molecule has 1 atom stereocenters. The number of nitro groups is 1. The van der Waals surface area contributed by atoms with Crippen LogP contribution in [0.5, 0.6) is 0 Å². The third kappa shape index (κ3) is 1.38. The summed E-state index contributed by atoms with van der Waals surface area (Å²) in [5, 5.41) is 14.2. The Hall–Kier alpha value is -2.69. The monoisotopic (exact) mass is 254 g/mol. The Labute approximate surface area is 109 Å². The van der Waals surface area contributed by atoms with Crippen molar-refractivity contribution in [2.45, 2.75) is 5.54 Å². The first-order chi connectivity index (χ1) is 9.17. The Kier molecular flexibility index (Phi) is 2.35. The van der Waals surface area contributed by atoms with Crippen LogP contribution in [0.1, 0.15) is 11.1 Å². The summed E-state index contributed by atoms with van der Waals surface area (Å²) in [5.41, 5.74) is -0.607. The third-order valence-electron chi connectivity index (χ3n) is 3.36. The van der Waals surface area contributed by atoms with E-state index in [9.17, 15) is 14.9 Å². The minimum atomic E-state index is -1.85. The molecule has 94 valence electrons. The van der Waals surface area contributed by atoms with Gasteiger partial charge in [-0.15, -0.1) is 0 Å². The van der Waals surface area contributed by atoms with E-state index in [1.54, 1.807) is 54.6 Å². The Balaban J connectivity index is 2.34. The van der Waals surface area contributed by atoms with Crippen LogP contribution in [0.2, 0.25) is 0 Å². The van der Waals surface area contributed by atoms with E-state index >= 15 is 0 Å². The van der Waals surface area contributed by atoms with E-state index in [0.717, 1.165) is 0 Å². The fourth-order valence-corrected chi connectivity index (χ4v) is 2.50. The van der Waals surface area contributed by atoms with Crippen molar-refractivity contribution in [3.8, 4) is 0 Å². The maximum atomic E-state index is 12.2. The minimum Gasteiger partial charge on any atom is -0.319 e. The van der Waals surface area contributed by atoms with E-state index in [-0.39, 0.29) is 0 Å². The summed E-state index contributed by atoms with van der Waals surface area (Å²) in [5.74, 6) is -0.620. The highest BCUT2D eigenvalue weighted by Crippen LogP contribution is 2.42. The van der Waals surface area contributed by atoms with E-state index in [0.29, 0.717) is 16.8 Å². The first-order valence-electron chi connectivity index (χ1n) is 5.78. The quantitative estimate of drug-likeness (QED) is 0.659. The molecule has 0 saturated carbocycles. The highest BCUT2D eigenvalue weighted by atomic mass is 16.6. The molecule has 0 aromatic heterocycles. The fraction of sp³-hybridized carbons (Fsp3) is 0.0714. The Morgan fingerprint density at radius 1 is 1.00 bits per heavy atom. The minimum absolute atomic E-state index is 0.363. The van der Waals surface area contributed by atoms with Crippen molar-refractivity contribution in [2.75, 3.05) is 5.32 Å². The van der Waals surface area contributed by atoms with Gasteiger partial charge < -0.3 is 5.32 Å². The maximum absolute atomic E-state index is 12.2. The lowest BCUT2D eigenvalue weighted by Gasteiger charge is -2.18. The van der Waals surface area contributed by atoms with Gasteiger partial charge in [-0.1, -0.05) is 42.5 Å². The van der Waals surface area contributed by atoms with Gasteiger partial charge in [0.25, 0.3) is 0 Å². The molecule has 2 aromatic rings. The van der Waals surface area contributed by atoms with Gasteiger partial charge in [0.15, 0.2) is 0 Å². The molecule has 1 amide bonds. The average molecular weight is 254 g/mol. The first kappa shape index (κ1) is 11.4. The smallest absolute Gasteiger partial charge is 0.319 e. The molecule has 5 nitrogen and oxygen atoms in total. The summed E-state index contributed by atoms with van der Waals surface area (Å²) in [6, 6.07) is 15.1. The molecule has 19 heavy (non-hydrogen) atoms. The van der Waals surface area contributed by atoms with E-state index in [1.165, 1.54) is 0 Å². The topological polar surface area (TPSA) is 72.2 Å². The van der Waals surface area contributed by atoms with Crippen molar-refractivity contribution < 1.29 is 9.72 Å². The maximum Gasteiger partial charge on any atom is 0.350 e. The van der Waals surface area contributed by atoms with Crippen LogP contribution in [0.15, 0.2) is 54.6 Å². The van der Waals surface area contributed by atoms with E-state index in [1.807, 2.05) is 0 Å². The zero-order valence-electron chi connectivity index (χ0n) is 9.87. The van der Waals surface area contributed by atoms with Gasteiger partial charge in [0.05, 0.1) is 11.3 Å². The Bertz CT molecular complexity index is 669. The number of hydrogen-bond acceptors (Lipinski definition) is 3. The van der Waals surface area contributed by atoms with Crippen LogP contribution >= 0.6 is 0 Å². The molecule has 1 unspecified atom stereocenters. The van der Waals surface area contributed by atoms with Crippen molar-refractivity contribution in [2.24, 2.45) is 0 Å². The van der Waals surface area contributed by atoms with E-state index < -0.39 is 16.4 Å². The van der Waals surface area contributed by atoms with Gasteiger partial charge in [0, 0.05) is 10.5 Å². The van der Waals surface area contributed by atoms with Crippen molar-refractivity contribution in [3.05, 3.63) is 75.8 Å². The number of amides is 1. The van der Waals surface area contributed by atoms with E-state index in [2.05, 4.69) is 5.32 Å². The molecule has 1 aliphatic rings. The predicted molar refractivity (Wildman–Crippen MR) is 69.3 cm³/mol. The zero-order valence-corrected chi connectivity index (χ0v) is 9.87. The molecular weight excluding hydrogens is 244 g/mol. The molecule has 3 rings (SSSR count). The summed E-state index contributed by atoms with van der Waals surface area (Å²) in [7, 11) is 0. The van der Waals surface area contributed by atoms with Gasteiger partial charge in [-0.2, -0.15) is 0 Å². The summed E-state index contributed by atoms with van der Waals surface area (Å²) < 4.78 is 0. The zero-order chi connectivity index (χ0) is 13.5. The summed E-state index contributed by atoms with van der Waals surface area (Å²) in [4.78, 5) is 23.4. The number of para-hydroxylation sites is 1. The number of benzene rings is 2. The van der Waals surface area contributed by atoms with Gasteiger partial charge in [0.2, 0.25) is 0 Å². The second-order valence-corrected chi connectivity index (χ2v) is 4.33. The number of carbonyl (C=O) groups is 1. The summed E-state index contributed by atoms with van der Waals surface area (Å²) in [6.07, 6.45) is 0. The molecule has 0 bridgehead atoms. The third-order valence-corrected chi connectivity index (χ3v) is 3.36. The van der Waals surface area contributed by atoms with Gasteiger partial charge in [-0.05, 0) is 12.1 Å². The highest BCUT2D eigenvalue weighted by molar-refractivity contribution is 6.07. The first-order valence-corrected chi connectivity index (χ1v) is 5.78. The molecule has 0 spiro atoms. The Morgan fingerprint density at radius 2 is 1.63 bits per heavy atom. The largest absolute Gasteiger partial charge is 0.350 e. The van der Waals surface area contributed by atoms with Crippen LogP contribution in [-0.2, 0) is 10.3 Å². The molecule has 5 heteroatoms. The normalized spacial score (nSPS) is 20.7. The van der Waals surface area contributed by atoms with Crippen molar-refractivity contribution in [3.63, 3.8) is 0 Å². The number of nitrogens with one attached hydrogen (secondary N) is 1. The number of rotatable bonds is 2. The lowest BCUT2D eigenvalue weighted by Crippen LogP contribution is -2.43. The lowest BCUT2D eigenvalue weighted by atomic mass is 9.84. The second-order valence-electron chi connectivity index (χ2n) is 4.33. The molecule has 1 aliphatic heterocycles. The van der Waals surface area contributed by atoms with Crippen LogP contribution in [0.4, 0.5) is 5.69 Å². The van der Waals surface area contributed by atoms with Gasteiger partial charge >= 0.3 is 11.4 Å². The molecular formula is C14H10N2O3. The van der Waals surface area contributed by atoms with Crippen LogP contribution < -0.4 is 5.32 Å². The summed E-state index contributed by atoms with van der Waals surface area (Å²) >= 11 is 0. The number of fused-ring (bicyclic) bond motifs is 1. The van der Waals surface area contributed by atoms with Crippen LogP contribution in [0.25, 0.3) is 0 Å². The van der Waals surface area contributed by atoms with Crippen molar-refractivity contribution in [1.29, 1.82) is 0 Å². The molecule has 0 saturated heterocycles. The van der Waals surface area contributed by atoms with Gasteiger partial charge in [-0.25, -0.2) is 0 Å². The molecule has 0 fully saturated rings. The highest BCUT2D eigenvalue weighted by Gasteiger charge is 2.59. The number of anilines is 1. The van der Waals surface area contributed by atoms with Gasteiger partial charge in [0.1, 0.15) is 0 Å². The van der Waals surface area contributed by atoms with Crippen LogP contribution in [-0.4, -0.2) is 10.8 Å². The lowest BCUT2D eigenvalue weighted by molar-refractivity contribution is -0.546. The standard InChI is InChI=1S/C14H10N2O3/c17-13-14(16(18)19,10-6-2-1-3-7-10)11-8-4-5-9-12(11)15-13/h1-9H,(H,15,17). The molecule has 1 heterocycles. The van der Waals surface area contributed by atoms with E-state index in [4.69, 9.17) is 0 Å². The van der Waals surface area contributed by atoms with Gasteiger partial charge in [-0.3, -0.25) is 14.9 Å². The predicted octanol–water partition coefficient (Wildman–Crippen LogP) is 2.16. The Morgan fingerprint density at radius 3 is 2.32 bits per heavy atom. The number of nitrogens with zero attached hydrogens (tertiary/aromatic N) is 1. The molecule has 1 N–H and O–H groups in total. The van der Waals surface area contributed by atoms with Crippen molar-refractivity contribution >= 4 is 11.6 Å². The number of carbonyl (C=O) groups excluding carboxylic acids is 1. The van der Waals surface area contributed by atoms with Crippen LogP contribution in [0.3, 0.4) is 0 Å². The molecule has 0 radical (unpaired) electrons. The molecule has 2 aromatic carbocycles. The fourth-order valence-electron chi connectivity index (χ4n) is 2.50. The molecule has 0 aliphatic carbocycles. The number of hydrogen-bond donors (Lipinski definition) is 1. The summed E-state index contributed by atoms with van der Waals surface area (Å²) in [6.45, 7) is 0. The average Bonchev–Trinajstić information content (AvgIpc) is 2.72. The SMILES string of the molecule is O=C1Nc2ccccc2C1(c1ccccc1)[N+](=O)[O-]. The van der Waals surface area contributed by atoms with Crippen LogP contribution in [0, 0.1) is 10.1 Å².